The molecular formula is C29H36N4O6S. The number of hydrogen-bond acceptors (Lipinski definition) is 8. The van der Waals surface area contributed by atoms with Gasteiger partial charge in [-0.3, -0.25) is 19.4 Å². The van der Waals surface area contributed by atoms with Gasteiger partial charge < -0.3 is 19.5 Å². The highest BCUT2D eigenvalue weighted by Crippen LogP contribution is 2.31. The number of pyridine rings is 1. The van der Waals surface area contributed by atoms with Crippen molar-refractivity contribution in [1.82, 2.24) is 14.8 Å². The molecule has 4 rings (SSSR count). The lowest BCUT2D eigenvalue weighted by Gasteiger charge is -2.38. The Labute approximate surface area is 235 Å². The molecule has 1 aliphatic heterocycles. The molecule has 1 aromatic heterocycles. The van der Waals surface area contributed by atoms with Gasteiger partial charge in [-0.05, 0) is 74.1 Å². The van der Waals surface area contributed by atoms with Crippen molar-refractivity contribution in [2.24, 2.45) is 5.92 Å². The third-order valence-electron chi connectivity index (χ3n) is 6.98. The molecule has 0 aliphatic carbocycles. The molecule has 1 amide bonds. The molecule has 0 saturated carbocycles. The zero-order valence-corrected chi connectivity index (χ0v) is 24.0. The fourth-order valence-electron chi connectivity index (χ4n) is 4.64. The molecule has 1 aliphatic rings. The molecule has 3 aromatic rings. The molecule has 0 spiro atoms. The summed E-state index contributed by atoms with van der Waals surface area (Å²) in [7, 11) is -0.410. The minimum atomic E-state index is -3.92. The Balaban J connectivity index is 1.62. The number of likely N-dealkylation sites (N-methyl/N-ethyl adjacent to an activating group) is 1. The zero-order valence-electron chi connectivity index (χ0n) is 23.1. The molecule has 11 heteroatoms. The standard InChI is InChI=1S/C29H36N4O6S/c1-20-16-33(21(2)19-34)29(35)26-15-23(31-40(36,37)25-8-6-24(38-4)7-9-25)5-10-27(26)39-28(20)18-32(3)17-22-11-13-30-14-12-22/h5-15,20-21,28,31,34H,16-19H2,1-4H3/t20-,21+,28+/m1/s1. The Hall–Kier alpha value is -3.67. The third kappa shape index (κ3) is 6.90. The smallest absolute Gasteiger partial charge is 0.261 e. The summed E-state index contributed by atoms with van der Waals surface area (Å²) < 4.78 is 40.2. The van der Waals surface area contributed by atoms with Crippen LogP contribution >= 0.6 is 0 Å². The molecular weight excluding hydrogens is 532 g/mol. The van der Waals surface area contributed by atoms with Gasteiger partial charge in [0.2, 0.25) is 0 Å². The van der Waals surface area contributed by atoms with Crippen LogP contribution in [0.25, 0.3) is 0 Å². The monoisotopic (exact) mass is 568 g/mol. The molecule has 2 heterocycles. The van der Waals surface area contributed by atoms with Crippen LogP contribution in [0.5, 0.6) is 11.5 Å². The Morgan fingerprint density at radius 3 is 2.52 bits per heavy atom. The maximum atomic E-state index is 13.7. The molecule has 0 radical (unpaired) electrons. The lowest BCUT2D eigenvalue weighted by Crippen LogP contribution is -2.49. The first kappa shape index (κ1) is 29.3. The van der Waals surface area contributed by atoms with Gasteiger partial charge in [0.25, 0.3) is 15.9 Å². The molecule has 0 unspecified atom stereocenters. The number of carbonyl (C=O) groups excluding carboxylic acids is 1. The van der Waals surface area contributed by atoms with E-state index in [2.05, 4.69) is 14.6 Å². The highest BCUT2D eigenvalue weighted by molar-refractivity contribution is 7.92. The molecule has 10 nitrogen and oxygen atoms in total. The quantitative estimate of drug-likeness (QED) is 0.382. The van der Waals surface area contributed by atoms with Crippen LogP contribution in [0.1, 0.15) is 29.8 Å². The first-order chi connectivity index (χ1) is 19.1. The van der Waals surface area contributed by atoms with Crippen molar-refractivity contribution in [3.63, 3.8) is 0 Å². The molecule has 2 N–H and O–H groups in total. The number of aliphatic hydroxyl groups is 1. The van der Waals surface area contributed by atoms with Crippen LogP contribution < -0.4 is 14.2 Å². The van der Waals surface area contributed by atoms with E-state index >= 15 is 0 Å². The number of aliphatic hydroxyl groups excluding tert-OH is 1. The summed E-state index contributed by atoms with van der Waals surface area (Å²) in [6, 6.07) is 14.2. The van der Waals surface area contributed by atoms with E-state index in [0.29, 0.717) is 31.1 Å². The minimum absolute atomic E-state index is 0.0424. The predicted octanol–water partition coefficient (Wildman–Crippen LogP) is 3.24. The van der Waals surface area contributed by atoms with Crippen molar-refractivity contribution >= 4 is 21.6 Å². The predicted molar refractivity (Wildman–Crippen MR) is 152 cm³/mol. The summed E-state index contributed by atoms with van der Waals surface area (Å²) in [5, 5.41) is 9.91. The van der Waals surface area contributed by atoms with Crippen LogP contribution in [0.4, 0.5) is 5.69 Å². The second-order valence-corrected chi connectivity index (χ2v) is 11.8. The normalized spacial score (nSPS) is 18.4. The van der Waals surface area contributed by atoms with Crippen LogP contribution in [-0.2, 0) is 16.6 Å². The van der Waals surface area contributed by atoms with Gasteiger partial charge in [-0.15, -0.1) is 0 Å². The molecule has 3 atom stereocenters. The van der Waals surface area contributed by atoms with Gasteiger partial charge in [-0.25, -0.2) is 8.42 Å². The molecule has 40 heavy (non-hydrogen) atoms. The number of nitrogens with one attached hydrogen (secondary N) is 1. The number of amides is 1. The summed E-state index contributed by atoms with van der Waals surface area (Å²) >= 11 is 0. The molecule has 0 bridgehead atoms. The molecule has 214 valence electrons. The van der Waals surface area contributed by atoms with Crippen LogP contribution in [0.3, 0.4) is 0 Å². The van der Waals surface area contributed by atoms with Gasteiger partial charge in [-0.1, -0.05) is 6.92 Å². The highest BCUT2D eigenvalue weighted by Gasteiger charge is 2.33. The van der Waals surface area contributed by atoms with E-state index in [4.69, 9.17) is 9.47 Å². The highest BCUT2D eigenvalue weighted by atomic mass is 32.2. The van der Waals surface area contributed by atoms with Crippen LogP contribution in [-0.4, -0.2) is 80.2 Å². The van der Waals surface area contributed by atoms with Gasteiger partial charge in [-0.2, -0.15) is 0 Å². The maximum Gasteiger partial charge on any atom is 0.261 e. The fraction of sp³-hybridized carbons (Fsp3) is 0.379. The Morgan fingerprint density at radius 1 is 1.18 bits per heavy atom. The topological polar surface area (TPSA) is 121 Å². The van der Waals surface area contributed by atoms with Gasteiger partial charge in [0.15, 0.2) is 0 Å². The van der Waals surface area contributed by atoms with Gasteiger partial charge >= 0.3 is 0 Å². The number of carbonyl (C=O) groups is 1. The fourth-order valence-corrected chi connectivity index (χ4v) is 5.69. The number of anilines is 1. The van der Waals surface area contributed by atoms with Gasteiger partial charge in [0, 0.05) is 43.6 Å². The van der Waals surface area contributed by atoms with E-state index in [0.717, 1.165) is 5.56 Å². The minimum Gasteiger partial charge on any atom is -0.497 e. The van der Waals surface area contributed by atoms with Crippen molar-refractivity contribution in [2.45, 2.75) is 37.4 Å². The third-order valence-corrected chi connectivity index (χ3v) is 8.38. The number of nitrogens with zero attached hydrogens (tertiary/aromatic N) is 3. The summed E-state index contributed by atoms with van der Waals surface area (Å²) in [5.41, 5.74) is 1.57. The lowest BCUT2D eigenvalue weighted by atomic mass is 9.99. The second kappa shape index (κ2) is 12.7. The first-order valence-corrected chi connectivity index (χ1v) is 14.6. The SMILES string of the molecule is COc1ccc(S(=O)(=O)Nc2ccc3c(c2)C(=O)N([C@@H](C)CO)C[C@@H](C)[C@H](CN(C)Cc2ccncc2)O3)cc1. The van der Waals surface area contributed by atoms with Gasteiger partial charge in [0.05, 0.1) is 30.2 Å². The van der Waals surface area contributed by atoms with Crippen molar-refractivity contribution in [3.8, 4) is 11.5 Å². The zero-order chi connectivity index (χ0) is 28.9. The Bertz CT molecular complexity index is 1400. The number of aromatic nitrogens is 1. The van der Waals surface area contributed by atoms with Crippen LogP contribution in [0, 0.1) is 5.92 Å². The van der Waals surface area contributed by atoms with E-state index in [-0.39, 0.29) is 40.7 Å². The summed E-state index contributed by atoms with van der Waals surface area (Å²) in [5.74, 6) is 0.522. The Morgan fingerprint density at radius 2 is 1.88 bits per heavy atom. The van der Waals surface area contributed by atoms with E-state index in [1.54, 1.807) is 48.5 Å². The van der Waals surface area contributed by atoms with E-state index in [1.807, 2.05) is 26.1 Å². The van der Waals surface area contributed by atoms with E-state index in [1.165, 1.54) is 25.3 Å². The number of hydrogen-bond donors (Lipinski definition) is 2. The number of fused-ring (bicyclic) bond motifs is 1. The van der Waals surface area contributed by atoms with Crippen molar-refractivity contribution in [1.29, 1.82) is 0 Å². The largest absolute Gasteiger partial charge is 0.497 e. The summed E-state index contributed by atoms with van der Waals surface area (Å²) in [6.07, 6.45) is 3.25. The second-order valence-electron chi connectivity index (χ2n) is 10.2. The number of sulfonamides is 1. The molecule has 0 fully saturated rings. The lowest BCUT2D eigenvalue weighted by molar-refractivity contribution is 0.0341. The van der Waals surface area contributed by atoms with Crippen molar-refractivity contribution < 1.29 is 27.8 Å². The Kier molecular flexibility index (Phi) is 9.28. The average molecular weight is 569 g/mol. The van der Waals surface area contributed by atoms with Crippen LogP contribution in [0.2, 0.25) is 0 Å². The number of methoxy groups -OCH3 is 1. The van der Waals surface area contributed by atoms with E-state index < -0.39 is 16.1 Å². The van der Waals surface area contributed by atoms with Crippen LogP contribution in [0.15, 0.2) is 71.9 Å². The average Bonchev–Trinajstić information content (AvgIpc) is 2.95. The first-order valence-electron chi connectivity index (χ1n) is 13.1. The van der Waals surface area contributed by atoms with Crippen molar-refractivity contribution in [3.05, 3.63) is 78.1 Å². The molecule has 2 aromatic carbocycles. The summed E-state index contributed by atoms with van der Waals surface area (Å²) in [6.45, 7) is 5.26. The van der Waals surface area contributed by atoms with E-state index in [9.17, 15) is 18.3 Å². The molecule has 0 saturated heterocycles. The van der Waals surface area contributed by atoms with Gasteiger partial charge in [0.1, 0.15) is 17.6 Å². The van der Waals surface area contributed by atoms with Crippen molar-refractivity contribution in [2.75, 3.05) is 38.6 Å². The number of ether oxygens (including phenoxy) is 2. The number of rotatable bonds is 10. The maximum absolute atomic E-state index is 13.7. The summed E-state index contributed by atoms with van der Waals surface area (Å²) in [4.78, 5) is 21.6. The number of benzene rings is 2.